The van der Waals surface area contributed by atoms with E-state index in [0.717, 1.165) is 17.7 Å². The highest BCUT2D eigenvalue weighted by Crippen LogP contribution is 2.35. The Morgan fingerprint density at radius 2 is 1.97 bits per heavy atom. The van der Waals surface area contributed by atoms with Crippen molar-refractivity contribution in [3.63, 3.8) is 0 Å². The van der Waals surface area contributed by atoms with Crippen molar-refractivity contribution in [1.29, 1.82) is 5.26 Å². The van der Waals surface area contributed by atoms with E-state index in [1.807, 2.05) is 17.5 Å². The first-order valence-corrected chi connectivity index (χ1v) is 12.7. The summed E-state index contributed by atoms with van der Waals surface area (Å²) < 4.78 is 5.16. The molecule has 0 saturated carbocycles. The predicted octanol–water partition coefficient (Wildman–Crippen LogP) is 6.73. The molecule has 0 radical (unpaired) electrons. The molecule has 2 heterocycles. The number of benzene rings is 1. The molecule has 1 aromatic carbocycles. The van der Waals surface area contributed by atoms with Gasteiger partial charge in [-0.25, -0.2) is 9.78 Å². The van der Waals surface area contributed by atoms with Gasteiger partial charge in [-0.3, -0.25) is 4.79 Å². The van der Waals surface area contributed by atoms with Crippen LogP contribution in [0.4, 0.5) is 5.00 Å². The average molecular weight is 494 g/mol. The zero-order chi connectivity index (χ0) is 24.8. The van der Waals surface area contributed by atoms with Crippen LogP contribution in [-0.4, -0.2) is 23.3 Å². The lowest BCUT2D eigenvalue weighted by molar-refractivity contribution is 0.0527. The van der Waals surface area contributed by atoms with Gasteiger partial charge < -0.3 is 10.1 Å². The van der Waals surface area contributed by atoms with Gasteiger partial charge in [-0.2, -0.15) is 5.26 Å². The molecule has 0 aliphatic carbocycles. The van der Waals surface area contributed by atoms with Crippen molar-refractivity contribution in [2.24, 2.45) is 5.92 Å². The largest absolute Gasteiger partial charge is 0.462 e. The van der Waals surface area contributed by atoms with E-state index in [0.29, 0.717) is 37.5 Å². The number of hydrogen-bond acceptors (Lipinski definition) is 8. The average Bonchev–Trinajstić information content (AvgIpc) is 3.40. The van der Waals surface area contributed by atoms with Crippen LogP contribution in [-0.2, 0) is 11.2 Å². The number of thiophene rings is 1. The number of rotatable bonds is 9. The zero-order valence-electron chi connectivity index (χ0n) is 19.9. The third-order valence-electron chi connectivity index (χ3n) is 5.04. The molecule has 0 aliphatic heterocycles. The molecular weight excluding hydrogens is 466 g/mol. The summed E-state index contributed by atoms with van der Waals surface area (Å²) in [6.07, 6.45) is 2.54. The van der Waals surface area contributed by atoms with E-state index in [9.17, 15) is 14.9 Å². The summed E-state index contributed by atoms with van der Waals surface area (Å²) >= 11 is 2.55. The van der Waals surface area contributed by atoms with Gasteiger partial charge in [0.1, 0.15) is 21.7 Å². The maximum Gasteiger partial charge on any atom is 0.341 e. The van der Waals surface area contributed by atoms with Crippen LogP contribution in [0.1, 0.15) is 63.9 Å². The number of nitriles is 1. The van der Waals surface area contributed by atoms with Crippen molar-refractivity contribution in [2.75, 3.05) is 11.9 Å². The molecule has 0 unspecified atom stereocenters. The van der Waals surface area contributed by atoms with Crippen LogP contribution in [0.25, 0.3) is 16.8 Å². The Morgan fingerprint density at radius 1 is 1.26 bits per heavy atom. The summed E-state index contributed by atoms with van der Waals surface area (Å²) in [4.78, 5) is 29.6. The first-order chi connectivity index (χ1) is 16.2. The van der Waals surface area contributed by atoms with E-state index in [4.69, 9.17) is 4.74 Å². The Labute approximate surface area is 207 Å². The second-order valence-corrected chi connectivity index (χ2v) is 10.1. The molecule has 0 saturated heterocycles. The zero-order valence-corrected chi connectivity index (χ0v) is 21.5. The van der Waals surface area contributed by atoms with E-state index >= 15 is 0 Å². The third kappa shape index (κ3) is 5.79. The summed E-state index contributed by atoms with van der Waals surface area (Å²) in [5.41, 5.74) is 4.29. The number of ether oxygens (including phenoxy) is 1. The standard InChI is InChI=1S/C26H27N3O3S2/c1-6-32-26(31)22-16(4)23(17(5)30)34-25(22)28-13-20(12-27)24-29-21(14-33-24)19-9-7-18(8-10-19)11-15(2)3/h7-10,13-15,28H,6,11H2,1-5H3. The lowest BCUT2D eigenvalue weighted by atomic mass is 10.0. The number of allylic oxidation sites excluding steroid dienone is 1. The van der Waals surface area contributed by atoms with E-state index in [1.165, 1.54) is 41.4 Å². The monoisotopic (exact) mass is 493 g/mol. The SMILES string of the molecule is CCOC(=O)c1c(NC=C(C#N)c2nc(-c3ccc(CC(C)C)cc3)cs2)sc(C(C)=O)c1C. The lowest BCUT2D eigenvalue weighted by Crippen LogP contribution is -2.08. The maximum atomic E-state index is 12.5. The highest BCUT2D eigenvalue weighted by Gasteiger charge is 2.24. The Hall–Kier alpha value is -3.28. The molecule has 2 aromatic heterocycles. The van der Waals surface area contributed by atoms with Crippen molar-refractivity contribution in [3.05, 3.63) is 62.4 Å². The number of nitrogens with zero attached hydrogens (tertiary/aromatic N) is 2. The predicted molar refractivity (Wildman–Crippen MR) is 138 cm³/mol. The topological polar surface area (TPSA) is 92.1 Å². The molecule has 3 rings (SSSR count). The van der Waals surface area contributed by atoms with E-state index in [-0.39, 0.29) is 12.4 Å². The fraction of sp³-hybridized carbons (Fsp3) is 0.308. The summed E-state index contributed by atoms with van der Waals surface area (Å²) in [7, 11) is 0. The number of nitrogens with one attached hydrogen (secondary N) is 1. The molecule has 0 aliphatic rings. The minimum atomic E-state index is -0.504. The Kier molecular flexibility index (Phi) is 8.37. The summed E-state index contributed by atoms with van der Waals surface area (Å²) in [5.74, 6) is -0.0410. The molecule has 6 nitrogen and oxygen atoms in total. The van der Waals surface area contributed by atoms with Gasteiger partial charge in [-0.15, -0.1) is 22.7 Å². The van der Waals surface area contributed by atoms with Crippen molar-refractivity contribution >= 4 is 45.0 Å². The Balaban J connectivity index is 1.87. The minimum absolute atomic E-state index is 0.130. The Morgan fingerprint density at radius 3 is 2.56 bits per heavy atom. The minimum Gasteiger partial charge on any atom is -0.462 e. The number of carbonyl (C=O) groups excluding carboxylic acids is 2. The van der Waals surface area contributed by atoms with Crippen molar-refractivity contribution < 1.29 is 14.3 Å². The summed E-state index contributed by atoms with van der Waals surface area (Å²) in [6.45, 7) is 9.52. The number of anilines is 1. The highest BCUT2D eigenvalue weighted by atomic mass is 32.1. The van der Waals surface area contributed by atoms with Gasteiger partial charge in [0.2, 0.25) is 0 Å². The van der Waals surface area contributed by atoms with Gasteiger partial charge in [-0.1, -0.05) is 38.1 Å². The van der Waals surface area contributed by atoms with E-state index in [1.54, 1.807) is 13.8 Å². The first-order valence-electron chi connectivity index (χ1n) is 11.0. The summed E-state index contributed by atoms with van der Waals surface area (Å²) in [5, 5.41) is 15.7. The van der Waals surface area contributed by atoms with Gasteiger partial charge in [0.25, 0.3) is 0 Å². The fourth-order valence-electron chi connectivity index (χ4n) is 3.49. The molecule has 176 valence electrons. The summed E-state index contributed by atoms with van der Waals surface area (Å²) in [6, 6.07) is 10.5. The van der Waals surface area contributed by atoms with Crippen LogP contribution in [0.15, 0.2) is 35.8 Å². The van der Waals surface area contributed by atoms with Crippen LogP contribution < -0.4 is 5.32 Å². The van der Waals surface area contributed by atoms with Gasteiger partial charge in [-0.05, 0) is 44.2 Å². The maximum absolute atomic E-state index is 12.5. The van der Waals surface area contributed by atoms with Crippen molar-refractivity contribution in [3.8, 4) is 17.3 Å². The molecular formula is C26H27N3O3S2. The number of Topliss-reactive ketones (excluding diaryl/α,β-unsaturated/α-hetero) is 1. The molecule has 0 spiro atoms. The number of aromatic nitrogens is 1. The van der Waals surface area contributed by atoms with Gasteiger partial charge in [0.15, 0.2) is 5.78 Å². The Bertz CT molecular complexity index is 1260. The highest BCUT2D eigenvalue weighted by molar-refractivity contribution is 7.18. The molecule has 3 aromatic rings. The normalized spacial score (nSPS) is 11.4. The smallest absolute Gasteiger partial charge is 0.341 e. The molecule has 1 N–H and O–H groups in total. The van der Waals surface area contributed by atoms with Crippen LogP contribution in [0, 0.1) is 24.2 Å². The van der Waals surface area contributed by atoms with E-state index < -0.39 is 5.97 Å². The van der Waals surface area contributed by atoms with E-state index in [2.05, 4.69) is 42.4 Å². The molecule has 34 heavy (non-hydrogen) atoms. The second kappa shape index (κ2) is 11.2. The lowest BCUT2D eigenvalue weighted by Gasteiger charge is -2.05. The number of thiazole rings is 1. The van der Waals surface area contributed by atoms with Crippen LogP contribution in [0.5, 0.6) is 0 Å². The molecule has 0 bridgehead atoms. The van der Waals surface area contributed by atoms with Crippen molar-refractivity contribution in [2.45, 2.75) is 41.0 Å². The molecule has 0 amide bonds. The third-order valence-corrected chi connectivity index (χ3v) is 7.24. The number of hydrogen-bond donors (Lipinski definition) is 1. The van der Waals surface area contributed by atoms with Gasteiger partial charge in [0.05, 0.1) is 22.7 Å². The van der Waals surface area contributed by atoms with Crippen LogP contribution >= 0.6 is 22.7 Å². The van der Waals surface area contributed by atoms with Crippen LogP contribution in [0.3, 0.4) is 0 Å². The quantitative estimate of drug-likeness (QED) is 0.202. The molecule has 0 fully saturated rings. The van der Waals surface area contributed by atoms with Gasteiger partial charge >= 0.3 is 5.97 Å². The first kappa shape index (κ1) is 25.3. The number of esters is 1. The molecule has 8 heteroatoms. The van der Waals surface area contributed by atoms with Gasteiger partial charge in [0, 0.05) is 17.1 Å². The van der Waals surface area contributed by atoms with Crippen LogP contribution in [0.2, 0.25) is 0 Å². The molecule has 0 atom stereocenters. The van der Waals surface area contributed by atoms with Crippen molar-refractivity contribution in [1.82, 2.24) is 4.98 Å². The fourth-order valence-corrected chi connectivity index (χ4v) is 5.35. The second-order valence-electron chi connectivity index (χ2n) is 8.18. The number of ketones is 1. The number of carbonyl (C=O) groups is 2.